The molecule has 0 unspecified atom stereocenters. The van der Waals surface area contributed by atoms with Crippen LogP contribution in [0.4, 0.5) is 11.8 Å². The molecule has 2 aromatic carbocycles. The summed E-state index contributed by atoms with van der Waals surface area (Å²) in [4.78, 5) is 29.0. The van der Waals surface area contributed by atoms with Crippen LogP contribution in [0.1, 0.15) is 28.9 Å². The van der Waals surface area contributed by atoms with Gasteiger partial charge in [0, 0.05) is 56.6 Å². The van der Waals surface area contributed by atoms with Crippen molar-refractivity contribution >= 4 is 17.7 Å². The summed E-state index contributed by atoms with van der Waals surface area (Å²) in [7, 11) is 0. The van der Waals surface area contributed by atoms with Crippen molar-refractivity contribution in [1.82, 2.24) is 14.9 Å². The molecular weight excluding hydrogens is 398 g/mol. The smallest absolute Gasteiger partial charge is 0.253 e. The van der Waals surface area contributed by atoms with E-state index in [4.69, 9.17) is 4.98 Å². The molecule has 0 saturated carbocycles. The second-order valence-corrected chi connectivity index (χ2v) is 8.58. The van der Waals surface area contributed by atoms with Crippen molar-refractivity contribution in [1.29, 1.82) is 0 Å². The number of aryl methyl sites for hydroxylation is 1. The summed E-state index contributed by atoms with van der Waals surface area (Å²) in [6.45, 7) is 7.06. The monoisotopic (exact) mass is 427 g/mol. The molecule has 2 aliphatic heterocycles. The fraction of sp³-hybridized carbons (Fsp3) is 0.346. The third kappa shape index (κ3) is 4.31. The van der Waals surface area contributed by atoms with Crippen LogP contribution in [0.2, 0.25) is 0 Å². The SMILES string of the molecule is Cc1cc(N2CCN(C(=O)c3ccc(-c4ccccc4)cc3)CC2)nc(N2CCCC2)n1. The van der Waals surface area contributed by atoms with E-state index in [1.165, 1.54) is 12.8 Å². The zero-order valence-electron chi connectivity index (χ0n) is 18.6. The van der Waals surface area contributed by atoms with Gasteiger partial charge in [-0.1, -0.05) is 42.5 Å². The fourth-order valence-corrected chi connectivity index (χ4v) is 4.51. The van der Waals surface area contributed by atoms with Gasteiger partial charge in [0.05, 0.1) is 0 Å². The Labute approximate surface area is 189 Å². The van der Waals surface area contributed by atoms with E-state index in [1.807, 2.05) is 54.3 Å². The maximum atomic E-state index is 13.0. The van der Waals surface area contributed by atoms with Crippen LogP contribution < -0.4 is 9.80 Å². The van der Waals surface area contributed by atoms with Crippen LogP contribution in [0.5, 0.6) is 0 Å². The van der Waals surface area contributed by atoms with Gasteiger partial charge in [0.15, 0.2) is 0 Å². The molecule has 6 heteroatoms. The average molecular weight is 428 g/mol. The zero-order valence-corrected chi connectivity index (χ0v) is 18.6. The molecular formula is C26H29N5O. The van der Waals surface area contributed by atoms with E-state index in [0.29, 0.717) is 13.1 Å². The van der Waals surface area contributed by atoms with Crippen LogP contribution in [0.15, 0.2) is 60.7 Å². The van der Waals surface area contributed by atoms with Crippen molar-refractivity contribution in [3.63, 3.8) is 0 Å². The van der Waals surface area contributed by atoms with E-state index in [9.17, 15) is 4.79 Å². The number of hydrogen-bond acceptors (Lipinski definition) is 5. The first-order valence-corrected chi connectivity index (χ1v) is 11.5. The molecule has 1 amide bonds. The summed E-state index contributed by atoms with van der Waals surface area (Å²) in [5.41, 5.74) is 4.02. The Balaban J connectivity index is 1.23. The lowest BCUT2D eigenvalue weighted by atomic mass is 10.0. The van der Waals surface area contributed by atoms with Gasteiger partial charge in [-0.3, -0.25) is 4.79 Å². The van der Waals surface area contributed by atoms with Crippen LogP contribution >= 0.6 is 0 Å². The first-order valence-electron chi connectivity index (χ1n) is 11.5. The predicted octanol–water partition coefficient (Wildman–Crippen LogP) is 4.01. The molecule has 0 bridgehead atoms. The maximum absolute atomic E-state index is 13.0. The van der Waals surface area contributed by atoms with Crippen LogP contribution in [-0.2, 0) is 0 Å². The second kappa shape index (κ2) is 8.99. The lowest BCUT2D eigenvalue weighted by molar-refractivity contribution is 0.0746. The first-order chi connectivity index (χ1) is 15.7. The molecule has 6 nitrogen and oxygen atoms in total. The van der Waals surface area contributed by atoms with Crippen molar-refractivity contribution < 1.29 is 4.79 Å². The molecule has 5 rings (SSSR count). The number of carbonyl (C=O) groups is 1. The van der Waals surface area contributed by atoms with Crippen molar-refractivity contribution in [2.75, 3.05) is 49.1 Å². The summed E-state index contributed by atoms with van der Waals surface area (Å²) in [5, 5.41) is 0. The number of rotatable bonds is 4. The highest BCUT2D eigenvalue weighted by Gasteiger charge is 2.24. The van der Waals surface area contributed by atoms with E-state index in [0.717, 1.165) is 60.3 Å². The molecule has 0 atom stereocenters. The van der Waals surface area contributed by atoms with E-state index in [2.05, 4.69) is 33.0 Å². The molecule has 0 N–H and O–H groups in total. The minimum atomic E-state index is 0.0980. The van der Waals surface area contributed by atoms with Crippen LogP contribution in [0, 0.1) is 6.92 Å². The Morgan fingerprint density at radius 3 is 2.09 bits per heavy atom. The summed E-state index contributed by atoms with van der Waals surface area (Å²) >= 11 is 0. The van der Waals surface area contributed by atoms with Gasteiger partial charge in [0.2, 0.25) is 5.95 Å². The number of benzene rings is 2. The third-order valence-corrected chi connectivity index (χ3v) is 6.35. The molecule has 3 aromatic rings. The lowest BCUT2D eigenvalue weighted by Crippen LogP contribution is -2.49. The zero-order chi connectivity index (χ0) is 21.9. The molecule has 1 aromatic heterocycles. The number of piperazine rings is 1. The van der Waals surface area contributed by atoms with Gasteiger partial charge in [-0.15, -0.1) is 0 Å². The highest BCUT2D eigenvalue weighted by Crippen LogP contribution is 2.23. The van der Waals surface area contributed by atoms with Gasteiger partial charge in [-0.25, -0.2) is 4.98 Å². The molecule has 0 aliphatic carbocycles. The van der Waals surface area contributed by atoms with Crippen LogP contribution in [0.3, 0.4) is 0 Å². The number of amides is 1. The van der Waals surface area contributed by atoms with E-state index >= 15 is 0 Å². The quantitative estimate of drug-likeness (QED) is 0.630. The number of anilines is 2. The Morgan fingerprint density at radius 2 is 1.41 bits per heavy atom. The normalized spacial score (nSPS) is 16.5. The Bertz CT molecular complexity index is 1070. The third-order valence-electron chi connectivity index (χ3n) is 6.35. The summed E-state index contributed by atoms with van der Waals surface area (Å²) in [5.74, 6) is 1.91. The van der Waals surface area contributed by atoms with Crippen LogP contribution in [-0.4, -0.2) is 60.0 Å². The standard InChI is InChI=1S/C26H29N5O/c1-20-19-24(28-26(27-20)31-13-5-6-14-31)29-15-17-30(18-16-29)25(32)23-11-9-22(10-12-23)21-7-3-2-4-8-21/h2-4,7-12,19H,5-6,13-18H2,1H3. The van der Waals surface area contributed by atoms with Gasteiger partial charge < -0.3 is 14.7 Å². The lowest BCUT2D eigenvalue weighted by Gasteiger charge is -2.35. The van der Waals surface area contributed by atoms with Gasteiger partial charge in [-0.2, -0.15) is 4.98 Å². The molecule has 0 radical (unpaired) electrons. The highest BCUT2D eigenvalue weighted by molar-refractivity contribution is 5.95. The van der Waals surface area contributed by atoms with Crippen molar-refractivity contribution in [3.8, 4) is 11.1 Å². The number of carbonyl (C=O) groups excluding carboxylic acids is 1. The second-order valence-electron chi connectivity index (χ2n) is 8.58. The highest BCUT2D eigenvalue weighted by atomic mass is 16.2. The van der Waals surface area contributed by atoms with Crippen molar-refractivity contribution in [2.24, 2.45) is 0 Å². The van der Waals surface area contributed by atoms with Gasteiger partial charge in [-0.05, 0) is 43.0 Å². The van der Waals surface area contributed by atoms with E-state index in [-0.39, 0.29) is 5.91 Å². The van der Waals surface area contributed by atoms with Gasteiger partial charge in [0.1, 0.15) is 5.82 Å². The average Bonchev–Trinajstić information content (AvgIpc) is 3.39. The molecule has 32 heavy (non-hydrogen) atoms. The molecule has 2 fully saturated rings. The van der Waals surface area contributed by atoms with Gasteiger partial charge in [0.25, 0.3) is 5.91 Å². The molecule has 2 aliphatic rings. The van der Waals surface area contributed by atoms with E-state index < -0.39 is 0 Å². The van der Waals surface area contributed by atoms with E-state index in [1.54, 1.807) is 0 Å². The Hall–Kier alpha value is -3.41. The van der Waals surface area contributed by atoms with Crippen molar-refractivity contribution in [2.45, 2.75) is 19.8 Å². The molecule has 2 saturated heterocycles. The maximum Gasteiger partial charge on any atom is 0.253 e. The molecule has 0 spiro atoms. The summed E-state index contributed by atoms with van der Waals surface area (Å²) in [6.07, 6.45) is 2.42. The largest absolute Gasteiger partial charge is 0.353 e. The molecule has 3 heterocycles. The predicted molar refractivity (Wildman–Crippen MR) is 128 cm³/mol. The molecule has 164 valence electrons. The fourth-order valence-electron chi connectivity index (χ4n) is 4.51. The van der Waals surface area contributed by atoms with Gasteiger partial charge >= 0.3 is 0 Å². The van der Waals surface area contributed by atoms with Crippen molar-refractivity contribution in [3.05, 3.63) is 71.9 Å². The summed E-state index contributed by atoms with van der Waals surface area (Å²) < 4.78 is 0. The number of nitrogens with zero attached hydrogens (tertiary/aromatic N) is 5. The topological polar surface area (TPSA) is 52.6 Å². The Morgan fingerprint density at radius 1 is 0.750 bits per heavy atom. The number of aromatic nitrogens is 2. The first kappa shape index (κ1) is 20.5. The number of hydrogen-bond donors (Lipinski definition) is 0. The minimum absolute atomic E-state index is 0.0980. The minimum Gasteiger partial charge on any atom is -0.353 e. The Kier molecular flexibility index (Phi) is 5.75. The van der Waals surface area contributed by atoms with Crippen LogP contribution in [0.25, 0.3) is 11.1 Å². The summed E-state index contributed by atoms with van der Waals surface area (Å²) in [6, 6.07) is 20.2.